The molecule has 6 heteroatoms. The first-order valence-corrected chi connectivity index (χ1v) is 8.76. The van der Waals surface area contributed by atoms with E-state index in [1.807, 2.05) is 35.4 Å². The zero-order valence-electron chi connectivity index (χ0n) is 14.7. The maximum atomic E-state index is 13.0. The number of aromatic nitrogens is 1. The van der Waals surface area contributed by atoms with Crippen LogP contribution in [-0.4, -0.2) is 48.1 Å². The summed E-state index contributed by atoms with van der Waals surface area (Å²) in [4.78, 5) is 29.8. The van der Waals surface area contributed by atoms with E-state index in [2.05, 4.69) is 17.2 Å². The predicted octanol–water partition coefficient (Wildman–Crippen LogP) is 2.69. The summed E-state index contributed by atoms with van der Waals surface area (Å²) in [7, 11) is 1.31. The normalized spacial score (nSPS) is 16.6. The number of ether oxygens (including phenoxy) is 1. The summed E-state index contributed by atoms with van der Waals surface area (Å²) in [5, 5.41) is 3.78. The molecule has 0 radical (unpaired) electrons. The SMILES string of the molecule is COC(=O)N[C@@H](Cc1c[nH]c2ccccc12)C(=O)N1CCC(C)CC1. The molecule has 0 unspecified atom stereocenters. The smallest absolute Gasteiger partial charge is 0.407 e. The summed E-state index contributed by atoms with van der Waals surface area (Å²) in [5.41, 5.74) is 2.03. The number of rotatable bonds is 4. The van der Waals surface area contributed by atoms with Crippen molar-refractivity contribution in [2.24, 2.45) is 5.92 Å². The van der Waals surface area contributed by atoms with Crippen LogP contribution in [0, 0.1) is 5.92 Å². The Balaban J connectivity index is 1.79. The standard InChI is InChI=1S/C19H25N3O3/c1-13-7-9-22(10-8-13)18(23)17(21-19(24)25-2)11-14-12-20-16-6-4-3-5-15(14)16/h3-6,12-13,17,20H,7-11H2,1-2H3,(H,21,24)/t17-/m0/s1. The zero-order valence-corrected chi connectivity index (χ0v) is 14.7. The van der Waals surface area contributed by atoms with Gasteiger partial charge in [0, 0.05) is 36.6 Å². The quantitative estimate of drug-likeness (QED) is 0.896. The molecule has 0 aliphatic carbocycles. The van der Waals surface area contributed by atoms with Gasteiger partial charge in [-0.1, -0.05) is 25.1 Å². The van der Waals surface area contributed by atoms with Crippen LogP contribution in [0.5, 0.6) is 0 Å². The first-order chi connectivity index (χ1) is 12.1. The van der Waals surface area contributed by atoms with Crippen LogP contribution in [0.2, 0.25) is 0 Å². The van der Waals surface area contributed by atoms with Crippen molar-refractivity contribution in [3.05, 3.63) is 36.0 Å². The van der Waals surface area contributed by atoms with Crippen molar-refractivity contribution in [3.63, 3.8) is 0 Å². The molecule has 1 aliphatic rings. The van der Waals surface area contributed by atoms with Gasteiger partial charge < -0.3 is 19.9 Å². The number of H-pyrrole nitrogens is 1. The lowest BCUT2D eigenvalue weighted by Crippen LogP contribution is -2.51. The van der Waals surface area contributed by atoms with Gasteiger partial charge in [0.15, 0.2) is 0 Å². The van der Waals surface area contributed by atoms with Crippen LogP contribution >= 0.6 is 0 Å². The van der Waals surface area contributed by atoms with Gasteiger partial charge in [-0.25, -0.2) is 4.79 Å². The number of carbonyl (C=O) groups is 2. The molecule has 1 aliphatic heterocycles. The maximum Gasteiger partial charge on any atom is 0.407 e. The highest BCUT2D eigenvalue weighted by atomic mass is 16.5. The van der Waals surface area contributed by atoms with E-state index >= 15 is 0 Å². The molecule has 6 nitrogen and oxygen atoms in total. The lowest BCUT2D eigenvalue weighted by molar-refractivity contribution is -0.134. The van der Waals surface area contributed by atoms with Crippen molar-refractivity contribution in [2.45, 2.75) is 32.2 Å². The number of fused-ring (bicyclic) bond motifs is 1. The van der Waals surface area contributed by atoms with E-state index in [9.17, 15) is 9.59 Å². The second kappa shape index (κ2) is 7.59. The molecule has 0 spiro atoms. The Labute approximate surface area is 147 Å². The lowest BCUT2D eigenvalue weighted by atomic mass is 9.97. The molecule has 0 saturated carbocycles. The van der Waals surface area contributed by atoms with Crippen molar-refractivity contribution in [2.75, 3.05) is 20.2 Å². The van der Waals surface area contributed by atoms with E-state index in [-0.39, 0.29) is 5.91 Å². The molecule has 1 aromatic carbocycles. The number of hydrogen-bond donors (Lipinski definition) is 2. The third-order valence-electron chi connectivity index (χ3n) is 4.97. The van der Waals surface area contributed by atoms with Crippen LogP contribution in [0.1, 0.15) is 25.3 Å². The second-order valence-electron chi connectivity index (χ2n) is 6.76. The summed E-state index contributed by atoms with van der Waals surface area (Å²) < 4.78 is 4.71. The number of amides is 2. The third-order valence-corrected chi connectivity index (χ3v) is 4.97. The maximum absolute atomic E-state index is 13.0. The number of carbonyl (C=O) groups excluding carboxylic acids is 2. The van der Waals surface area contributed by atoms with Crippen molar-refractivity contribution >= 4 is 22.9 Å². The van der Waals surface area contributed by atoms with Crippen molar-refractivity contribution in [1.82, 2.24) is 15.2 Å². The number of piperidine rings is 1. The molecular weight excluding hydrogens is 318 g/mol. The molecule has 25 heavy (non-hydrogen) atoms. The number of benzene rings is 1. The summed E-state index contributed by atoms with van der Waals surface area (Å²) in [6.45, 7) is 3.69. The van der Waals surface area contributed by atoms with Gasteiger partial charge in [0.1, 0.15) is 6.04 Å². The minimum absolute atomic E-state index is 0.0393. The van der Waals surface area contributed by atoms with Crippen molar-refractivity contribution in [3.8, 4) is 0 Å². The number of para-hydroxylation sites is 1. The summed E-state index contributed by atoms with van der Waals surface area (Å²) in [5.74, 6) is 0.604. The van der Waals surface area contributed by atoms with Gasteiger partial charge in [-0.05, 0) is 30.4 Å². The highest BCUT2D eigenvalue weighted by Crippen LogP contribution is 2.21. The topological polar surface area (TPSA) is 74.4 Å². The van der Waals surface area contributed by atoms with Crippen LogP contribution in [0.4, 0.5) is 4.79 Å². The minimum atomic E-state index is -0.625. The van der Waals surface area contributed by atoms with Gasteiger partial charge in [-0.2, -0.15) is 0 Å². The van der Waals surface area contributed by atoms with Gasteiger partial charge in [0.2, 0.25) is 5.91 Å². The number of methoxy groups -OCH3 is 1. The van der Waals surface area contributed by atoms with Gasteiger partial charge in [0.25, 0.3) is 0 Å². The number of aromatic amines is 1. The number of nitrogens with one attached hydrogen (secondary N) is 2. The molecule has 2 amide bonds. The van der Waals surface area contributed by atoms with E-state index in [0.717, 1.165) is 42.4 Å². The van der Waals surface area contributed by atoms with Crippen LogP contribution in [0.3, 0.4) is 0 Å². The average molecular weight is 343 g/mol. The fourth-order valence-electron chi connectivity index (χ4n) is 3.37. The Morgan fingerprint density at radius 1 is 1.32 bits per heavy atom. The first-order valence-electron chi connectivity index (χ1n) is 8.76. The van der Waals surface area contributed by atoms with Crippen molar-refractivity contribution in [1.29, 1.82) is 0 Å². The Bertz CT molecular complexity index is 747. The highest BCUT2D eigenvalue weighted by Gasteiger charge is 2.29. The molecule has 0 bridgehead atoms. The second-order valence-corrected chi connectivity index (χ2v) is 6.76. The number of nitrogens with zero attached hydrogens (tertiary/aromatic N) is 1. The van der Waals surface area contributed by atoms with Gasteiger partial charge in [0.05, 0.1) is 7.11 Å². The van der Waals surface area contributed by atoms with Crippen LogP contribution < -0.4 is 5.32 Å². The summed E-state index contributed by atoms with van der Waals surface area (Å²) in [6.07, 6.45) is 3.77. The van der Waals surface area contributed by atoms with Gasteiger partial charge in [-0.3, -0.25) is 4.79 Å². The molecule has 1 aromatic heterocycles. The Morgan fingerprint density at radius 2 is 2.04 bits per heavy atom. The molecule has 134 valence electrons. The third kappa shape index (κ3) is 3.95. The van der Waals surface area contributed by atoms with E-state index in [1.165, 1.54) is 7.11 Å². The lowest BCUT2D eigenvalue weighted by Gasteiger charge is -2.33. The zero-order chi connectivity index (χ0) is 17.8. The Kier molecular flexibility index (Phi) is 5.26. The first kappa shape index (κ1) is 17.3. The molecule has 1 fully saturated rings. The fraction of sp³-hybridized carbons (Fsp3) is 0.474. The van der Waals surface area contributed by atoms with Crippen molar-refractivity contribution < 1.29 is 14.3 Å². The molecule has 3 rings (SSSR count). The van der Waals surface area contributed by atoms with E-state index in [4.69, 9.17) is 4.74 Å². The Hall–Kier alpha value is -2.50. The summed E-state index contributed by atoms with van der Waals surface area (Å²) in [6, 6.07) is 7.32. The van der Waals surface area contributed by atoms with Gasteiger partial charge in [-0.15, -0.1) is 0 Å². The minimum Gasteiger partial charge on any atom is -0.453 e. The van der Waals surface area contributed by atoms with Gasteiger partial charge >= 0.3 is 6.09 Å². The monoisotopic (exact) mass is 343 g/mol. The van der Waals surface area contributed by atoms with E-state index < -0.39 is 12.1 Å². The highest BCUT2D eigenvalue weighted by molar-refractivity contribution is 5.88. The largest absolute Gasteiger partial charge is 0.453 e. The predicted molar refractivity (Wildman–Crippen MR) is 96.3 cm³/mol. The molecule has 1 atom stereocenters. The van der Waals surface area contributed by atoms with E-state index in [1.54, 1.807) is 0 Å². The van der Waals surface area contributed by atoms with Crippen LogP contribution in [-0.2, 0) is 16.0 Å². The fourth-order valence-corrected chi connectivity index (χ4v) is 3.37. The van der Waals surface area contributed by atoms with Crippen LogP contribution in [0.25, 0.3) is 10.9 Å². The summed E-state index contributed by atoms with van der Waals surface area (Å²) >= 11 is 0. The molecule has 2 heterocycles. The molecule has 2 N–H and O–H groups in total. The number of hydrogen-bond acceptors (Lipinski definition) is 3. The number of alkyl carbamates (subject to hydrolysis) is 1. The molecule has 1 saturated heterocycles. The number of likely N-dealkylation sites (tertiary alicyclic amines) is 1. The Morgan fingerprint density at radius 3 is 2.76 bits per heavy atom. The molecular formula is C19H25N3O3. The van der Waals surface area contributed by atoms with Crippen LogP contribution in [0.15, 0.2) is 30.5 Å². The van der Waals surface area contributed by atoms with E-state index in [0.29, 0.717) is 12.3 Å². The average Bonchev–Trinajstić information content (AvgIpc) is 3.04. The molecule has 2 aromatic rings.